The van der Waals surface area contributed by atoms with Crippen LogP contribution in [0, 0.1) is 6.92 Å². The maximum Gasteiger partial charge on any atom is 0.255 e. The lowest BCUT2D eigenvalue weighted by molar-refractivity contribution is 0.102. The number of hydrogen-bond acceptors (Lipinski definition) is 6. The van der Waals surface area contributed by atoms with E-state index in [9.17, 15) is 4.79 Å². The number of rotatable bonds is 11. The highest BCUT2D eigenvalue weighted by molar-refractivity contribution is 6.04. The first-order valence-electron chi connectivity index (χ1n) is 12.0. The Morgan fingerprint density at radius 1 is 1.00 bits per heavy atom. The maximum absolute atomic E-state index is 12.9. The molecule has 7 heteroatoms. The van der Waals surface area contributed by atoms with Crippen molar-refractivity contribution >= 4 is 23.2 Å². The molecule has 2 aromatic carbocycles. The molecule has 2 aromatic heterocycles. The molecule has 0 unspecified atom stereocenters. The van der Waals surface area contributed by atoms with E-state index in [1.807, 2.05) is 79.7 Å². The Morgan fingerprint density at radius 2 is 1.78 bits per heavy atom. The highest BCUT2D eigenvalue weighted by atomic mass is 16.1. The van der Waals surface area contributed by atoms with E-state index in [0.717, 1.165) is 47.7 Å². The number of carbonyl (C=O) groups excluding carboxylic acids is 1. The highest BCUT2D eigenvalue weighted by Gasteiger charge is 2.10. The molecule has 0 spiro atoms. The monoisotopic (exact) mass is 490 g/mol. The molecule has 186 valence electrons. The second-order valence-corrected chi connectivity index (χ2v) is 8.58. The van der Waals surface area contributed by atoms with E-state index in [-0.39, 0.29) is 5.91 Å². The SMILES string of the molecule is C=CCN(CC=C)Cc1ccc(C(=O)Nc2ccc(C)c(Nc3nccc(-c4cccnc4)n3)c2)cc1. The summed E-state index contributed by atoms with van der Waals surface area (Å²) in [5, 5.41) is 6.25. The molecule has 0 saturated heterocycles. The first-order chi connectivity index (χ1) is 18.1. The van der Waals surface area contributed by atoms with Crippen molar-refractivity contribution in [3.63, 3.8) is 0 Å². The fourth-order valence-electron chi connectivity index (χ4n) is 3.84. The van der Waals surface area contributed by atoms with Gasteiger partial charge in [0.05, 0.1) is 5.69 Å². The fraction of sp³-hybridized carbons (Fsp3) is 0.133. The summed E-state index contributed by atoms with van der Waals surface area (Å²) < 4.78 is 0. The van der Waals surface area contributed by atoms with Crippen molar-refractivity contribution in [3.8, 4) is 11.3 Å². The van der Waals surface area contributed by atoms with Gasteiger partial charge in [0.2, 0.25) is 5.95 Å². The molecule has 2 N–H and O–H groups in total. The minimum atomic E-state index is -0.176. The summed E-state index contributed by atoms with van der Waals surface area (Å²) in [7, 11) is 0. The van der Waals surface area contributed by atoms with Crippen molar-refractivity contribution in [2.24, 2.45) is 0 Å². The van der Waals surface area contributed by atoms with E-state index in [4.69, 9.17) is 0 Å². The molecule has 0 aliphatic heterocycles. The van der Waals surface area contributed by atoms with Crippen molar-refractivity contribution in [3.05, 3.63) is 121 Å². The molecule has 0 aliphatic rings. The van der Waals surface area contributed by atoms with Crippen molar-refractivity contribution in [1.82, 2.24) is 19.9 Å². The molecule has 0 atom stereocenters. The number of nitrogens with one attached hydrogen (secondary N) is 2. The molecule has 0 saturated carbocycles. The van der Waals surface area contributed by atoms with Crippen LogP contribution in [0.15, 0.2) is 105 Å². The van der Waals surface area contributed by atoms with Crippen LogP contribution in [0.2, 0.25) is 0 Å². The number of carbonyl (C=O) groups is 1. The summed E-state index contributed by atoms with van der Waals surface area (Å²) in [5.41, 5.74) is 5.87. The summed E-state index contributed by atoms with van der Waals surface area (Å²) >= 11 is 0. The van der Waals surface area contributed by atoms with Crippen molar-refractivity contribution in [2.75, 3.05) is 23.7 Å². The molecule has 0 fully saturated rings. The van der Waals surface area contributed by atoms with Gasteiger partial charge in [-0.1, -0.05) is 30.4 Å². The van der Waals surface area contributed by atoms with Gasteiger partial charge < -0.3 is 10.6 Å². The second-order valence-electron chi connectivity index (χ2n) is 8.58. The molecular formula is C30H30N6O. The van der Waals surface area contributed by atoms with Crippen LogP contribution in [0.1, 0.15) is 21.5 Å². The number of amides is 1. The van der Waals surface area contributed by atoms with Crippen molar-refractivity contribution < 1.29 is 4.79 Å². The lowest BCUT2D eigenvalue weighted by atomic mass is 10.1. The number of anilines is 3. The Balaban J connectivity index is 1.44. The van der Waals surface area contributed by atoms with Gasteiger partial charge in [-0.15, -0.1) is 13.2 Å². The fourth-order valence-corrected chi connectivity index (χ4v) is 3.84. The smallest absolute Gasteiger partial charge is 0.255 e. The Hall–Kier alpha value is -4.62. The number of benzene rings is 2. The van der Waals surface area contributed by atoms with Crippen LogP contribution in [0.5, 0.6) is 0 Å². The molecule has 37 heavy (non-hydrogen) atoms. The third-order valence-electron chi connectivity index (χ3n) is 5.75. The minimum Gasteiger partial charge on any atom is -0.324 e. The van der Waals surface area contributed by atoms with E-state index >= 15 is 0 Å². The van der Waals surface area contributed by atoms with Crippen LogP contribution in [0.4, 0.5) is 17.3 Å². The molecule has 0 aliphatic carbocycles. The van der Waals surface area contributed by atoms with Gasteiger partial charge in [0, 0.05) is 60.7 Å². The molecule has 2 heterocycles. The van der Waals surface area contributed by atoms with Gasteiger partial charge in [0.1, 0.15) is 0 Å². The lowest BCUT2D eigenvalue weighted by Crippen LogP contribution is -2.23. The molecule has 7 nitrogen and oxygen atoms in total. The Kier molecular flexibility index (Phi) is 8.52. The lowest BCUT2D eigenvalue weighted by Gasteiger charge is -2.18. The molecular weight excluding hydrogens is 460 g/mol. The Morgan fingerprint density at radius 3 is 2.49 bits per heavy atom. The third kappa shape index (κ3) is 6.96. The van der Waals surface area contributed by atoms with E-state index in [2.05, 4.69) is 43.6 Å². The average molecular weight is 491 g/mol. The van der Waals surface area contributed by atoms with Gasteiger partial charge in [-0.2, -0.15) is 0 Å². The van der Waals surface area contributed by atoms with Crippen LogP contribution in [0.3, 0.4) is 0 Å². The van der Waals surface area contributed by atoms with Crippen molar-refractivity contribution in [2.45, 2.75) is 13.5 Å². The topological polar surface area (TPSA) is 83.0 Å². The van der Waals surface area contributed by atoms with E-state index in [1.54, 1.807) is 18.6 Å². The van der Waals surface area contributed by atoms with Crippen LogP contribution in [-0.4, -0.2) is 38.8 Å². The summed E-state index contributed by atoms with van der Waals surface area (Å²) in [6, 6.07) is 19.0. The number of aromatic nitrogens is 3. The van der Waals surface area contributed by atoms with Gasteiger partial charge in [-0.3, -0.25) is 14.7 Å². The zero-order chi connectivity index (χ0) is 26.0. The predicted molar refractivity (Wildman–Crippen MR) is 150 cm³/mol. The van der Waals surface area contributed by atoms with E-state index < -0.39 is 0 Å². The van der Waals surface area contributed by atoms with Crippen LogP contribution >= 0.6 is 0 Å². The zero-order valence-corrected chi connectivity index (χ0v) is 20.9. The Labute approximate surface area is 217 Å². The molecule has 4 aromatic rings. The quantitative estimate of drug-likeness (QED) is 0.250. The van der Waals surface area contributed by atoms with Gasteiger partial charge in [-0.05, 0) is 60.5 Å². The average Bonchev–Trinajstić information content (AvgIpc) is 2.92. The molecule has 0 bridgehead atoms. The molecule has 4 rings (SSSR count). The van der Waals surface area contributed by atoms with E-state index in [0.29, 0.717) is 17.2 Å². The number of pyridine rings is 1. The standard InChI is InChI=1S/C30H30N6O/c1-4-17-36(18-5-2)21-23-9-11-24(12-10-23)29(37)33-26-13-8-22(3)28(19-26)35-30-32-16-14-27(34-30)25-7-6-15-31-20-25/h4-16,19-20H,1-2,17-18,21H2,3H3,(H,33,37)(H,32,34,35). The summed E-state index contributed by atoms with van der Waals surface area (Å²) in [5.74, 6) is 0.288. The normalized spacial score (nSPS) is 10.6. The zero-order valence-electron chi connectivity index (χ0n) is 20.9. The van der Waals surface area contributed by atoms with Gasteiger partial charge >= 0.3 is 0 Å². The largest absolute Gasteiger partial charge is 0.324 e. The highest BCUT2D eigenvalue weighted by Crippen LogP contribution is 2.24. The van der Waals surface area contributed by atoms with Crippen LogP contribution in [-0.2, 0) is 6.54 Å². The maximum atomic E-state index is 12.9. The predicted octanol–water partition coefficient (Wildman–Crippen LogP) is 6.02. The summed E-state index contributed by atoms with van der Waals surface area (Å²) in [6.07, 6.45) is 8.94. The van der Waals surface area contributed by atoms with Crippen molar-refractivity contribution in [1.29, 1.82) is 0 Å². The first kappa shape index (κ1) is 25.5. The third-order valence-corrected chi connectivity index (χ3v) is 5.75. The first-order valence-corrected chi connectivity index (χ1v) is 12.0. The second kappa shape index (κ2) is 12.4. The van der Waals surface area contributed by atoms with Gasteiger partial charge in [0.15, 0.2) is 0 Å². The molecule has 1 amide bonds. The Bertz CT molecular complexity index is 1360. The summed E-state index contributed by atoms with van der Waals surface area (Å²) in [4.78, 5) is 28.2. The van der Waals surface area contributed by atoms with Gasteiger partial charge in [-0.25, -0.2) is 9.97 Å². The number of nitrogens with zero attached hydrogens (tertiary/aromatic N) is 4. The van der Waals surface area contributed by atoms with Crippen LogP contribution in [0.25, 0.3) is 11.3 Å². The number of aryl methyl sites for hydroxylation is 1. The van der Waals surface area contributed by atoms with E-state index in [1.165, 1.54) is 0 Å². The minimum absolute atomic E-state index is 0.176. The number of hydrogen-bond donors (Lipinski definition) is 2. The summed E-state index contributed by atoms with van der Waals surface area (Å²) in [6.45, 7) is 11.9. The molecule has 0 radical (unpaired) electrons. The van der Waals surface area contributed by atoms with Gasteiger partial charge in [0.25, 0.3) is 5.91 Å². The van der Waals surface area contributed by atoms with Crippen LogP contribution < -0.4 is 10.6 Å².